The lowest BCUT2D eigenvalue weighted by molar-refractivity contribution is -0.139. The van der Waals surface area contributed by atoms with Gasteiger partial charge in [-0.15, -0.1) is 0 Å². The number of ether oxygens (including phenoxy) is 1. The van der Waals surface area contributed by atoms with Crippen molar-refractivity contribution in [3.8, 4) is 0 Å². The number of pyridine rings is 1. The summed E-state index contributed by atoms with van der Waals surface area (Å²) in [5, 5.41) is 8.66. The van der Waals surface area contributed by atoms with Crippen molar-refractivity contribution in [3.63, 3.8) is 0 Å². The number of carboxylic acid groups (broad SMARTS) is 1. The van der Waals surface area contributed by atoms with Gasteiger partial charge >= 0.3 is 11.9 Å². The lowest BCUT2D eigenvalue weighted by Crippen LogP contribution is -2.03. The maximum Gasteiger partial charge on any atom is 0.340 e. The highest BCUT2D eigenvalue weighted by Crippen LogP contribution is 2.09. The Morgan fingerprint density at radius 3 is 2.88 bits per heavy atom. The molecule has 90 valence electrons. The van der Waals surface area contributed by atoms with Gasteiger partial charge in [-0.05, 0) is 11.6 Å². The number of nitrogens with zero attached hydrogens (tertiary/aromatic N) is 1. The van der Waals surface area contributed by atoms with Gasteiger partial charge in [0, 0.05) is 6.20 Å². The minimum atomic E-state index is -1.39. The quantitative estimate of drug-likeness (QED) is 0.636. The van der Waals surface area contributed by atoms with E-state index >= 15 is 0 Å². The van der Waals surface area contributed by atoms with Crippen LogP contribution in [0.5, 0.6) is 0 Å². The second-order valence-electron chi connectivity index (χ2n) is 3.09. The summed E-state index contributed by atoms with van der Waals surface area (Å²) in [4.78, 5) is 24.7. The summed E-state index contributed by atoms with van der Waals surface area (Å²) in [5.41, 5.74) is -0.113. The molecule has 0 bridgehead atoms. The molecule has 6 heteroatoms. The first-order chi connectivity index (χ1) is 8.04. The second-order valence-corrected chi connectivity index (χ2v) is 3.09. The predicted molar refractivity (Wildman–Crippen MR) is 56.8 cm³/mol. The smallest absolute Gasteiger partial charge is 0.340 e. The van der Waals surface area contributed by atoms with Gasteiger partial charge in [-0.3, -0.25) is 4.79 Å². The van der Waals surface area contributed by atoms with E-state index in [4.69, 9.17) is 5.11 Å². The third kappa shape index (κ3) is 3.67. The van der Waals surface area contributed by atoms with Crippen LogP contribution in [0.3, 0.4) is 0 Å². The van der Waals surface area contributed by atoms with Gasteiger partial charge in [0.2, 0.25) is 5.95 Å². The fourth-order valence-corrected chi connectivity index (χ4v) is 1.08. The zero-order valence-corrected chi connectivity index (χ0v) is 9.01. The molecule has 17 heavy (non-hydrogen) atoms. The van der Waals surface area contributed by atoms with Crippen molar-refractivity contribution in [3.05, 3.63) is 35.4 Å². The van der Waals surface area contributed by atoms with E-state index in [1.165, 1.54) is 25.5 Å². The molecule has 0 fully saturated rings. The molecule has 0 aliphatic rings. The molecule has 0 aliphatic heterocycles. The number of aromatic nitrogens is 1. The zero-order valence-electron chi connectivity index (χ0n) is 9.01. The van der Waals surface area contributed by atoms with Gasteiger partial charge in [0.15, 0.2) is 0 Å². The average Bonchev–Trinajstić information content (AvgIpc) is 2.30. The van der Waals surface area contributed by atoms with E-state index < -0.39 is 23.4 Å². The summed E-state index contributed by atoms with van der Waals surface area (Å²) in [6, 6.07) is 1.14. The summed E-state index contributed by atoms with van der Waals surface area (Å²) in [6.07, 6.45) is 4.17. The largest absolute Gasteiger partial charge is 0.478 e. The molecule has 1 heterocycles. The second kappa shape index (κ2) is 5.74. The van der Waals surface area contributed by atoms with E-state index in [-0.39, 0.29) is 6.42 Å². The molecule has 0 spiro atoms. The topological polar surface area (TPSA) is 76.5 Å². The Labute approximate surface area is 96.5 Å². The Morgan fingerprint density at radius 1 is 1.59 bits per heavy atom. The Balaban J connectivity index is 2.82. The number of carboxylic acids is 1. The standard InChI is InChI=1S/C11H10FNO4/c1-17-9(14)4-2-3-7-5-8(11(15)16)10(12)13-6-7/h2-3,5-6H,4H2,1H3,(H,15,16). The molecule has 1 N–H and O–H groups in total. The number of esters is 1. The Kier molecular flexibility index (Phi) is 4.33. The molecular formula is C11H10FNO4. The van der Waals surface area contributed by atoms with Crippen LogP contribution in [0.25, 0.3) is 6.08 Å². The van der Waals surface area contributed by atoms with E-state index in [2.05, 4.69) is 9.72 Å². The number of hydrogen-bond acceptors (Lipinski definition) is 4. The van der Waals surface area contributed by atoms with E-state index in [1.807, 2.05) is 0 Å². The highest BCUT2D eigenvalue weighted by molar-refractivity contribution is 5.88. The predicted octanol–water partition coefficient (Wildman–Crippen LogP) is 1.50. The van der Waals surface area contributed by atoms with Crippen LogP contribution >= 0.6 is 0 Å². The molecule has 0 saturated heterocycles. The molecule has 0 aliphatic carbocycles. The van der Waals surface area contributed by atoms with Crippen LogP contribution in [-0.4, -0.2) is 29.1 Å². The average molecular weight is 239 g/mol. The summed E-state index contributed by atoms with van der Waals surface area (Å²) in [7, 11) is 1.26. The summed E-state index contributed by atoms with van der Waals surface area (Å²) >= 11 is 0. The monoisotopic (exact) mass is 239 g/mol. The Hall–Kier alpha value is -2.24. The van der Waals surface area contributed by atoms with E-state index in [0.29, 0.717) is 5.56 Å². The normalized spacial score (nSPS) is 10.5. The first-order valence-electron chi connectivity index (χ1n) is 4.66. The molecule has 0 radical (unpaired) electrons. The summed E-state index contributed by atoms with van der Waals surface area (Å²) in [6.45, 7) is 0. The van der Waals surface area contributed by atoms with E-state index in [0.717, 1.165) is 6.07 Å². The summed E-state index contributed by atoms with van der Waals surface area (Å²) in [5.74, 6) is -2.85. The van der Waals surface area contributed by atoms with Gasteiger partial charge in [0.1, 0.15) is 5.56 Å². The number of aromatic carboxylic acids is 1. The van der Waals surface area contributed by atoms with Crippen molar-refractivity contribution < 1.29 is 23.8 Å². The van der Waals surface area contributed by atoms with Gasteiger partial charge in [0.25, 0.3) is 0 Å². The minimum absolute atomic E-state index is 0.0519. The number of carbonyl (C=O) groups is 2. The molecule has 1 aromatic heterocycles. The molecule has 1 rings (SSSR count). The molecule has 0 amide bonds. The van der Waals surface area contributed by atoms with Crippen molar-refractivity contribution in [1.29, 1.82) is 0 Å². The Bertz CT molecular complexity index is 471. The van der Waals surface area contributed by atoms with Gasteiger partial charge in [-0.25, -0.2) is 9.78 Å². The maximum atomic E-state index is 12.9. The van der Waals surface area contributed by atoms with Gasteiger partial charge < -0.3 is 9.84 Å². The maximum absolute atomic E-state index is 12.9. The fourth-order valence-electron chi connectivity index (χ4n) is 1.08. The highest BCUT2D eigenvalue weighted by atomic mass is 19.1. The van der Waals surface area contributed by atoms with Crippen molar-refractivity contribution >= 4 is 18.0 Å². The minimum Gasteiger partial charge on any atom is -0.478 e. The third-order valence-corrected chi connectivity index (χ3v) is 1.91. The molecule has 0 saturated carbocycles. The molecule has 1 aromatic rings. The lowest BCUT2D eigenvalue weighted by Gasteiger charge is -1.98. The van der Waals surface area contributed by atoms with Crippen LogP contribution in [0.1, 0.15) is 22.3 Å². The van der Waals surface area contributed by atoms with E-state index in [1.54, 1.807) is 0 Å². The highest BCUT2D eigenvalue weighted by Gasteiger charge is 2.11. The first-order valence-corrected chi connectivity index (χ1v) is 4.66. The van der Waals surface area contributed by atoms with Crippen LogP contribution < -0.4 is 0 Å². The fraction of sp³-hybridized carbons (Fsp3) is 0.182. The van der Waals surface area contributed by atoms with Crippen LogP contribution in [0.15, 0.2) is 18.3 Å². The molecular weight excluding hydrogens is 229 g/mol. The van der Waals surface area contributed by atoms with Crippen molar-refractivity contribution in [2.24, 2.45) is 0 Å². The molecule has 5 nitrogen and oxygen atoms in total. The number of carbonyl (C=O) groups excluding carboxylic acids is 1. The number of halogens is 1. The van der Waals surface area contributed by atoms with Crippen molar-refractivity contribution in [2.75, 3.05) is 7.11 Å². The van der Waals surface area contributed by atoms with Crippen LogP contribution in [0.4, 0.5) is 4.39 Å². The molecule has 0 atom stereocenters. The SMILES string of the molecule is COC(=O)CC=Cc1cnc(F)c(C(=O)O)c1. The third-order valence-electron chi connectivity index (χ3n) is 1.91. The van der Waals surface area contributed by atoms with E-state index in [9.17, 15) is 14.0 Å². The lowest BCUT2D eigenvalue weighted by atomic mass is 10.2. The van der Waals surface area contributed by atoms with Crippen LogP contribution in [-0.2, 0) is 9.53 Å². The number of rotatable bonds is 4. The number of methoxy groups -OCH3 is 1. The van der Waals surface area contributed by atoms with Crippen LogP contribution in [0, 0.1) is 5.95 Å². The van der Waals surface area contributed by atoms with Gasteiger partial charge in [-0.2, -0.15) is 4.39 Å². The zero-order chi connectivity index (χ0) is 12.8. The Morgan fingerprint density at radius 2 is 2.29 bits per heavy atom. The van der Waals surface area contributed by atoms with Gasteiger partial charge in [-0.1, -0.05) is 12.2 Å². The molecule has 0 unspecified atom stereocenters. The number of hydrogen-bond donors (Lipinski definition) is 1. The van der Waals surface area contributed by atoms with Crippen molar-refractivity contribution in [1.82, 2.24) is 4.98 Å². The molecule has 0 aromatic carbocycles. The van der Waals surface area contributed by atoms with Crippen molar-refractivity contribution in [2.45, 2.75) is 6.42 Å². The van der Waals surface area contributed by atoms with Gasteiger partial charge in [0.05, 0.1) is 13.5 Å². The summed E-state index contributed by atoms with van der Waals surface area (Å²) < 4.78 is 17.3. The van der Waals surface area contributed by atoms with Crippen LogP contribution in [0.2, 0.25) is 0 Å². The first kappa shape index (κ1) is 12.8.